The van der Waals surface area contributed by atoms with Gasteiger partial charge in [0.1, 0.15) is 17.4 Å². The highest BCUT2D eigenvalue weighted by Gasteiger charge is 2.15. The fraction of sp³-hybridized carbons (Fsp3) is 0.286. The van der Waals surface area contributed by atoms with Crippen molar-refractivity contribution in [3.05, 3.63) is 53.2 Å². The maximum absolute atomic E-state index is 5.20. The van der Waals surface area contributed by atoms with Crippen LogP contribution in [0.25, 0.3) is 5.69 Å². The van der Waals surface area contributed by atoms with Crippen LogP contribution in [0.2, 0.25) is 0 Å². The first-order valence-electron chi connectivity index (χ1n) is 6.40. The SMILES string of the molecule is Cc1nc(Cc2c(C)noc2C)n(-c2ccncc2)n1. The van der Waals surface area contributed by atoms with Crippen molar-refractivity contribution in [3.8, 4) is 5.69 Å². The lowest BCUT2D eigenvalue weighted by atomic mass is 10.1. The molecule has 0 bridgehead atoms. The standard InChI is InChI=1S/C14H15N5O/c1-9-13(10(2)20-18-9)8-14-16-11(3)17-19(14)12-4-6-15-7-5-12/h4-7H,8H2,1-3H3. The number of rotatable bonds is 3. The highest BCUT2D eigenvalue weighted by atomic mass is 16.5. The molecule has 20 heavy (non-hydrogen) atoms. The Balaban J connectivity index is 2.03. The molecule has 0 atom stereocenters. The van der Waals surface area contributed by atoms with E-state index in [2.05, 4.69) is 20.2 Å². The van der Waals surface area contributed by atoms with Crippen LogP contribution in [0.1, 0.15) is 28.7 Å². The molecule has 3 rings (SSSR count). The van der Waals surface area contributed by atoms with E-state index in [4.69, 9.17) is 4.52 Å². The zero-order valence-electron chi connectivity index (χ0n) is 11.7. The minimum absolute atomic E-state index is 0.643. The molecule has 3 aromatic rings. The van der Waals surface area contributed by atoms with E-state index in [9.17, 15) is 0 Å². The molecular formula is C14H15N5O. The summed E-state index contributed by atoms with van der Waals surface area (Å²) in [6, 6.07) is 3.82. The third kappa shape index (κ3) is 2.20. The molecular weight excluding hydrogens is 254 g/mol. The van der Waals surface area contributed by atoms with Crippen molar-refractivity contribution in [2.75, 3.05) is 0 Å². The lowest BCUT2D eigenvalue weighted by Crippen LogP contribution is -2.05. The zero-order valence-corrected chi connectivity index (χ0v) is 11.7. The molecule has 0 unspecified atom stereocenters. The van der Waals surface area contributed by atoms with Crippen LogP contribution in [0.5, 0.6) is 0 Å². The van der Waals surface area contributed by atoms with Gasteiger partial charge in [-0.3, -0.25) is 4.98 Å². The predicted molar refractivity (Wildman–Crippen MR) is 72.7 cm³/mol. The Morgan fingerprint density at radius 2 is 1.90 bits per heavy atom. The summed E-state index contributed by atoms with van der Waals surface area (Å²) in [5.74, 6) is 2.43. The van der Waals surface area contributed by atoms with Crippen LogP contribution in [-0.2, 0) is 6.42 Å². The maximum Gasteiger partial charge on any atom is 0.148 e. The van der Waals surface area contributed by atoms with Crippen LogP contribution in [0.15, 0.2) is 29.0 Å². The molecule has 0 fully saturated rings. The van der Waals surface area contributed by atoms with Gasteiger partial charge in [-0.1, -0.05) is 5.16 Å². The van der Waals surface area contributed by atoms with E-state index in [-0.39, 0.29) is 0 Å². The van der Waals surface area contributed by atoms with E-state index in [0.717, 1.165) is 34.4 Å². The lowest BCUT2D eigenvalue weighted by molar-refractivity contribution is 0.392. The average molecular weight is 269 g/mol. The van der Waals surface area contributed by atoms with Crippen LogP contribution >= 0.6 is 0 Å². The molecule has 102 valence electrons. The second-order valence-corrected chi connectivity index (χ2v) is 4.67. The van der Waals surface area contributed by atoms with Gasteiger partial charge in [-0.05, 0) is 32.9 Å². The van der Waals surface area contributed by atoms with E-state index >= 15 is 0 Å². The van der Waals surface area contributed by atoms with Gasteiger partial charge in [0.15, 0.2) is 0 Å². The molecule has 0 aliphatic carbocycles. The Morgan fingerprint density at radius 3 is 2.55 bits per heavy atom. The number of nitrogens with zero attached hydrogens (tertiary/aromatic N) is 5. The third-order valence-electron chi connectivity index (χ3n) is 3.20. The Labute approximate surface area is 116 Å². The Morgan fingerprint density at radius 1 is 1.15 bits per heavy atom. The van der Waals surface area contributed by atoms with E-state index in [1.165, 1.54) is 0 Å². The summed E-state index contributed by atoms with van der Waals surface area (Å²) in [7, 11) is 0. The van der Waals surface area contributed by atoms with E-state index in [1.54, 1.807) is 12.4 Å². The molecule has 6 nitrogen and oxygen atoms in total. The summed E-state index contributed by atoms with van der Waals surface area (Å²) in [6.07, 6.45) is 4.13. The van der Waals surface area contributed by atoms with Gasteiger partial charge in [0, 0.05) is 24.4 Å². The summed E-state index contributed by atoms with van der Waals surface area (Å²) in [6.45, 7) is 5.73. The van der Waals surface area contributed by atoms with Crippen LogP contribution in [0, 0.1) is 20.8 Å². The molecule has 0 aliphatic rings. The maximum atomic E-state index is 5.20. The smallest absolute Gasteiger partial charge is 0.148 e. The van der Waals surface area contributed by atoms with Gasteiger partial charge in [0.25, 0.3) is 0 Å². The number of aryl methyl sites for hydroxylation is 3. The largest absolute Gasteiger partial charge is 0.361 e. The highest BCUT2D eigenvalue weighted by Crippen LogP contribution is 2.18. The molecule has 0 saturated carbocycles. The van der Waals surface area contributed by atoms with Gasteiger partial charge in [0.2, 0.25) is 0 Å². The van der Waals surface area contributed by atoms with Crippen LogP contribution in [0.4, 0.5) is 0 Å². The van der Waals surface area contributed by atoms with E-state index in [0.29, 0.717) is 6.42 Å². The lowest BCUT2D eigenvalue weighted by Gasteiger charge is -2.05. The Hall–Kier alpha value is -2.50. The number of pyridine rings is 1. The van der Waals surface area contributed by atoms with Gasteiger partial charge in [-0.15, -0.1) is 0 Å². The fourth-order valence-corrected chi connectivity index (χ4v) is 2.18. The van der Waals surface area contributed by atoms with Crippen LogP contribution in [-0.4, -0.2) is 24.9 Å². The molecule has 3 heterocycles. The average Bonchev–Trinajstić information content (AvgIpc) is 2.97. The van der Waals surface area contributed by atoms with Crippen LogP contribution < -0.4 is 0 Å². The molecule has 0 N–H and O–H groups in total. The molecule has 0 saturated heterocycles. The van der Waals surface area contributed by atoms with Crippen molar-refractivity contribution in [3.63, 3.8) is 0 Å². The van der Waals surface area contributed by atoms with Crippen molar-refractivity contribution in [2.24, 2.45) is 0 Å². The first-order chi connectivity index (χ1) is 9.65. The second kappa shape index (κ2) is 4.88. The Bertz CT molecular complexity index is 710. The summed E-state index contributed by atoms with van der Waals surface area (Å²) in [5.41, 5.74) is 2.90. The highest BCUT2D eigenvalue weighted by molar-refractivity contribution is 5.32. The van der Waals surface area contributed by atoms with Gasteiger partial charge >= 0.3 is 0 Å². The molecule has 0 spiro atoms. The predicted octanol–water partition coefficient (Wildman–Crippen LogP) is 2.17. The summed E-state index contributed by atoms with van der Waals surface area (Å²) in [5, 5.41) is 8.43. The molecule has 0 radical (unpaired) electrons. The monoisotopic (exact) mass is 269 g/mol. The Kier molecular flexibility index (Phi) is 3.06. The van der Waals surface area contributed by atoms with Gasteiger partial charge in [-0.2, -0.15) is 5.10 Å². The topological polar surface area (TPSA) is 69.6 Å². The van der Waals surface area contributed by atoms with Gasteiger partial charge in [-0.25, -0.2) is 9.67 Å². The minimum Gasteiger partial charge on any atom is -0.361 e. The van der Waals surface area contributed by atoms with Crippen molar-refractivity contribution in [1.82, 2.24) is 24.9 Å². The summed E-state index contributed by atoms with van der Waals surface area (Å²) < 4.78 is 7.04. The molecule has 3 aromatic heterocycles. The molecule has 0 aliphatic heterocycles. The number of hydrogen-bond acceptors (Lipinski definition) is 5. The quantitative estimate of drug-likeness (QED) is 0.728. The minimum atomic E-state index is 0.643. The zero-order chi connectivity index (χ0) is 14.1. The van der Waals surface area contributed by atoms with E-state index < -0.39 is 0 Å². The van der Waals surface area contributed by atoms with Crippen molar-refractivity contribution < 1.29 is 4.52 Å². The van der Waals surface area contributed by atoms with Crippen molar-refractivity contribution in [2.45, 2.75) is 27.2 Å². The van der Waals surface area contributed by atoms with Crippen molar-refractivity contribution >= 4 is 0 Å². The first kappa shape index (κ1) is 12.5. The van der Waals surface area contributed by atoms with Gasteiger partial charge < -0.3 is 4.52 Å². The van der Waals surface area contributed by atoms with Crippen molar-refractivity contribution in [1.29, 1.82) is 0 Å². The van der Waals surface area contributed by atoms with Gasteiger partial charge in [0.05, 0.1) is 11.4 Å². The fourth-order valence-electron chi connectivity index (χ4n) is 2.18. The molecule has 0 aromatic carbocycles. The molecule has 0 amide bonds. The second-order valence-electron chi connectivity index (χ2n) is 4.67. The normalized spacial score (nSPS) is 10.9. The van der Waals surface area contributed by atoms with E-state index in [1.807, 2.05) is 37.6 Å². The number of hydrogen-bond donors (Lipinski definition) is 0. The summed E-state index contributed by atoms with van der Waals surface area (Å²) >= 11 is 0. The third-order valence-corrected chi connectivity index (χ3v) is 3.20. The first-order valence-corrected chi connectivity index (χ1v) is 6.40. The van der Waals surface area contributed by atoms with Crippen LogP contribution in [0.3, 0.4) is 0 Å². The number of aromatic nitrogens is 5. The molecule has 6 heteroatoms. The summed E-state index contributed by atoms with van der Waals surface area (Å²) in [4.78, 5) is 8.53.